The Bertz CT molecular complexity index is 646. The molecule has 0 bridgehead atoms. The molecular formula is C16H22N4O. The van der Waals surface area contributed by atoms with Gasteiger partial charge in [0.15, 0.2) is 5.69 Å². The molecule has 5 nitrogen and oxygen atoms in total. The molecule has 0 spiro atoms. The monoisotopic (exact) mass is 286 g/mol. The second-order valence-corrected chi connectivity index (χ2v) is 4.91. The third-order valence-electron chi connectivity index (χ3n) is 3.54. The van der Waals surface area contributed by atoms with Crippen LogP contribution >= 0.6 is 0 Å². The molecule has 3 rings (SSSR count). The molecule has 2 heterocycles. The van der Waals surface area contributed by atoms with Crippen LogP contribution < -0.4 is 5.73 Å². The highest BCUT2D eigenvalue weighted by Gasteiger charge is 2.24. The Labute approximate surface area is 125 Å². The van der Waals surface area contributed by atoms with E-state index in [1.54, 1.807) is 6.20 Å². The van der Waals surface area contributed by atoms with Gasteiger partial charge >= 0.3 is 0 Å². The van der Waals surface area contributed by atoms with Crippen LogP contribution in [-0.2, 0) is 12.8 Å². The van der Waals surface area contributed by atoms with Crippen LogP contribution in [0.25, 0.3) is 5.69 Å². The van der Waals surface area contributed by atoms with E-state index < -0.39 is 5.91 Å². The Morgan fingerprint density at radius 1 is 1.29 bits per heavy atom. The van der Waals surface area contributed by atoms with Crippen LogP contribution in [-0.4, -0.2) is 20.7 Å². The average Bonchev–Trinajstić information content (AvgIpc) is 2.89. The van der Waals surface area contributed by atoms with Gasteiger partial charge in [0.05, 0.1) is 5.69 Å². The summed E-state index contributed by atoms with van der Waals surface area (Å²) >= 11 is 0. The van der Waals surface area contributed by atoms with E-state index in [4.69, 9.17) is 5.73 Å². The predicted octanol–water partition coefficient (Wildman–Crippen LogP) is 2.58. The Balaban J connectivity index is 0.000000774. The molecular weight excluding hydrogens is 264 g/mol. The third kappa shape index (κ3) is 2.96. The largest absolute Gasteiger partial charge is 0.364 e. The van der Waals surface area contributed by atoms with E-state index in [9.17, 15) is 4.79 Å². The molecule has 2 N–H and O–H groups in total. The van der Waals surface area contributed by atoms with Crippen molar-refractivity contribution >= 4 is 5.91 Å². The molecule has 5 heteroatoms. The fourth-order valence-electron chi connectivity index (χ4n) is 2.67. The Morgan fingerprint density at radius 2 is 2.00 bits per heavy atom. The van der Waals surface area contributed by atoms with Crippen molar-refractivity contribution in [2.24, 2.45) is 5.73 Å². The van der Waals surface area contributed by atoms with Crippen LogP contribution in [0, 0.1) is 6.92 Å². The van der Waals surface area contributed by atoms with Gasteiger partial charge in [0, 0.05) is 23.1 Å². The highest BCUT2D eigenvalue weighted by molar-refractivity contribution is 5.92. The lowest BCUT2D eigenvalue weighted by molar-refractivity contribution is 0.0994. The number of hydrogen-bond acceptors (Lipinski definition) is 3. The summed E-state index contributed by atoms with van der Waals surface area (Å²) in [6.45, 7) is 5.94. The molecule has 1 amide bonds. The van der Waals surface area contributed by atoms with Crippen molar-refractivity contribution < 1.29 is 4.79 Å². The zero-order valence-electron chi connectivity index (χ0n) is 12.9. The van der Waals surface area contributed by atoms with Gasteiger partial charge in [-0.1, -0.05) is 13.8 Å². The van der Waals surface area contributed by atoms with Gasteiger partial charge in [-0.3, -0.25) is 9.78 Å². The van der Waals surface area contributed by atoms with Crippen molar-refractivity contribution in [2.75, 3.05) is 0 Å². The van der Waals surface area contributed by atoms with E-state index in [-0.39, 0.29) is 0 Å². The summed E-state index contributed by atoms with van der Waals surface area (Å²) in [5.41, 5.74) is 9.86. The normalized spacial score (nSPS) is 13.1. The molecule has 2 aromatic heterocycles. The van der Waals surface area contributed by atoms with Crippen LogP contribution in [0.4, 0.5) is 0 Å². The van der Waals surface area contributed by atoms with Crippen LogP contribution in [0.2, 0.25) is 0 Å². The number of pyridine rings is 1. The maximum Gasteiger partial charge on any atom is 0.269 e. The van der Waals surface area contributed by atoms with Gasteiger partial charge in [0.2, 0.25) is 0 Å². The second-order valence-electron chi connectivity index (χ2n) is 4.91. The van der Waals surface area contributed by atoms with Crippen LogP contribution in [0.3, 0.4) is 0 Å². The Morgan fingerprint density at radius 3 is 2.67 bits per heavy atom. The molecule has 0 aliphatic heterocycles. The average molecular weight is 286 g/mol. The van der Waals surface area contributed by atoms with Crippen molar-refractivity contribution in [3.05, 3.63) is 41.0 Å². The van der Waals surface area contributed by atoms with Gasteiger partial charge in [-0.2, -0.15) is 5.10 Å². The standard InChI is InChI=1S/C14H16N4O.C2H6/c1-9-8-10(6-7-16-9)18-12-5-3-2-4-11(12)13(17-18)14(15)19;1-2/h6-8H,2-5H2,1H3,(H2,15,19);1-2H3. The first-order valence-corrected chi connectivity index (χ1v) is 7.50. The summed E-state index contributed by atoms with van der Waals surface area (Å²) < 4.78 is 1.85. The van der Waals surface area contributed by atoms with Gasteiger partial charge in [-0.05, 0) is 44.7 Å². The minimum atomic E-state index is -0.442. The van der Waals surface area contributed by atoms with Crippen LogP contribution in [0.5, 0.6) is 0 Å². The smallest absolute Gasteiger partial charge is 0.269 e. The Kier molecular flexibility index (Phi) is 4.73. The number of aryl methyl sites for hydroxylation is 1. The topological polar surface area (TPSA) is 73.8 Å². The number of amides is 1. The number of nitrogens with zero attached hydrogens (tertiary/aromatic N) is 3. The molecule has 112 valence electrons. The number of aromatic nitrogens is 3. The number of nitrogens with two attached hydrogens (primary N) is 1. The molecule has 1 aliphatic carbocycles. The Hall–Kier alpha value is -2.17. The second kappa shape index (κ2) is 6.52. The van der Waals surface area contributed by atoms with Crippen LogP contribution in [0.15, 0.2) is 18.3 Å². The first kappa shape index (κ1) is 15.2. The van der Waals surface area contributed by atoms with E-state index in [0.717, 1.165) is 48.3 Å². The minimum Gasteiger partial charge on any atom is -0.364 e. The van der Waals surface area contributed by atoms with E-state index in [1.165, 1.54) is 0 Å². The molecule has 2 aromatic rings. The maximum absolute atomic E-state index is 11.5. The SMILES string of the molecule is CC.Cc1cc(-n2nc(C(N)=O)c3c2CCCC3)ccn1. The molecule has 0 radical (unpaired) electrons. The van der Waals surface area contributed by atoms with Gasteiger partial charge in [-0.15, -0.1) is 0 Å². The first-order chi connectivity index (χ1) is 10.2. The van der Waals surface area contributed by atoms with E-state index in [2.05, 4.69) is 10.1 Å². The van der Waals surface area contributed by atoms with Crippen molar-refractivity contribution in [2.45, 2.75) is 46.5 Å². The molecule has 0 saturated heterocycles. The summed E-state index contributed by atoms with van der Waals surface area (Å²) in [4.78, 5) is 15.7. The van der Waals surface area contributed by atoms with Gasteiger partial charge in [-0.25, -0.2) is 4.68 Å². The zero-order chi connectivity index (χ0) is 15.4. The van der Waals surface area contributed by atoms with E-state index >= 15 is 0 Å². The lowest BCUT2D eigenvalue weighted by Crippen LogP contribution is -2.15. The van der Waals surface area contributed by atoms with Crippen LogP contribution in [0.1, 0.15) is 54.1 Å². The number of carbonyl (C=O) groups is 1. The molecule has 0 unspecified atom stereocenters. The number of fused-ring (bicyclic) bond motifs is 1. The number of carbonyl (C=O) groups excluding carboxylic acids is 1. The minimum absolute atomic E-state index is 0.421. The predicted molar refractivity (Wildman–Crippen MR) is 82.6 cm³/mol. The summed E-state index contributed by atoms with van der Waals surface area (Å²) in [7, 11) is 0. The summed E-state index contributed by atoms with van der Waals surface area (Å²) in [6, 6.07) is 3.87. The quantitative estimate of drug-likeness (QED) is 0.922. The highest BCUT2D eigenvalue weighted by atomic mass is 16.1. The fourth-order valence-corrected chi connectivity index (χ4v) is 2.67. The lowest BCUT2D eigenvalue weighted by Gasteiger charge is -2.14. The number of rotatable bonds is 2. The van der Waals surface area contributed by atoms with E-state index in [1.807, 2.05) is 37.6 Å². The van der Waals surface area contributed by atoms with Crippen molar-refractivity contribution in [1.82, 2.24) is 14.8 Å². The molecule has 0 aromatic carbocycles. The fraction of sp³-hybridized carbons (Fsp3) is 0.438. The first-order valence-electron chi connectivity index (χ1n) is 7.50. The zero-order valence-corrected chi connectivity index (χ0v) is 12.9. The number of primary amides is 1. The molecule has 21 heavy (non-hydrogen) atoms. The molecule has 1 aliphatic rings. The van der Waals surface area contributed by atoms with Gasteiger partial charge in [0.1, 0.15) is 0 Å². The van der Waals surface area contributed by atoms with E-state index in [0.29, 0.717) is 5.69 Å². The van der Waals surface area contributed by atoms with Gasteiger partial charge < -0.3 is 5.73 Å². The van der Waals surface area contributed by atoms with Crippen molar-refractivity contribution in [1.29, 1.82) is 0 Å². The van der Waals surface area contributed by atoms with Crippen molar-refractivity contribution in [3.63, 3.8) is 0 Å². The molecule has 0 saturated carbocycles. The summed E-state index contributed by atoms with van der Waals surface area (Å²) in [5.74, 6) is -0.442. The van der Waals surface area contributed by atoms with Crippen molar-refractivity contribution in [3.8, 4) is 5.69 Å². The molecule has 0 atom stereocenters. The summed E-state index contributed by atoms with van der Waals surface area (Å²) in [5, 5.41) is 4.42. The van der Waals surface area contributed by atoms with Gasteiger partial charge in [0.25, 0.3) is 5.91 Å². The highest BCUT2D eigenvalue weighted by Crippen LogP contribution is 2.26. The molecule has 0 fully saturated rings. The third-order valence-corrected chi connectivity index (χ3v) is 3.54. The summed E-state index contributed by atoms with van der Waals surface area (Å²) in [6.07, 6.45) is 5.80. The number of hydrogen-bond donors (Lipinski definition) is 1. The lowest BCUT2D eigenvalue weighted by atomic mass is 9.95. The maximum atomic E-state index is 11.5.